The Morgan fingerprint density at radius 3 is 2.30 bits per heavy atom. The van der Waals surface area contributed by atoms with Gasteiger partial charge >= 0.3 is 5.97 Å². The summed E-state index contributed by atoms with van der Waals surface area (Å²) in [5, 5.41) is 14.3. The summed E-state index contributed by atoms with van der Waals surface area (Å²) in [6.07, 6.45) is 0.628. The molecule has 0 spiro atoms. The first kappa shape index (κ1) is 18.4. The molecule has 1 aromatic rings. The van der Waals surface area contributed by atoms with E-state index in [0.29, 0.717) is 13.0 Å². The smallest absolute Gasteiger partial charge is 0.303 e. The molecule has 0 aliphatic heterocycles. The van der Waals surface area contributed by atoms with Crippen molar-refractivity contribution in [2.24, 2.45) is 0 Å². The maximum Gasteiger partial charge on any atom is 0.303 e. The van der Waals surface area contributed by atoms with Crippen LogP contribution >= 0.6 is 67.8 Å². The van der Waals surface area contributed by atoms with Crippen molar-refractivity contribution in [2.75, 3.05) is 18.4 Å². The molecule has 8 heteroatoms. The van der Waals surface area contributed by atoms with Crippen molar-refractivity contribution in [1.29, 1.82) is 0 Å². The lowest BCUT2D eigenvalue weighted by Gasteiger charge is -2.11. The van der Waals surface area contributed by atoms with E-state index in [4.69, 9.17) is 5.11 Å². The predicted octanol–water partition coefficient (Wildman–Crippen LogP) is 2.89. The van der Waals surface area contributed by atoms with Crippen LogP contribution in [0.1, 0.15) is 12.8 Å². The van der Waals surface area contributed by atoms with Gasteiger partial charge in [-0.3, -0.25) is 9.59 Å². The highest BCUT2D eigenvalue weighted by atomic mass is 127. The standard InChI is InChI=1S/C12H13I3N2O3/c13-7-4-8(14)12(9(15)5-7)17-10(18)6-16-3-1-2-11(19)20/h4-5,16H,1-3,6H2,(H,17,18)(H,19,20). The average Bonchev–Trinajstić information content (AvgIpc) is 2.33. The van der Waals surface area contributed by atoms with Gasteiger partial charge in [0.05, 0.1) is 12.2 Å². The van der Waals surface area contributed by atoms with Crippen LogP contribution in [0.4, 0.5) is 5.69 Å². The largest absolute Gasteiger partial charge is 0.481 e. The van der Waals surface area contributed by atoms with Gasteiger partial charge in [0, 0.05) is 17.1 Å². The molecule has 0 aromatic heterocycles. The van der Waals surface area contributed by atoms with Crippen LogP contribution in [0.5, 0.6) is 0 Å². The van der Waals surface area contributed by atoms with Gasteiger partial charge in [0.1, 0.15) is 0 Å². The van der Waals surface area contributed by atoms with Crippen molar-refractivity contribution >= 4 is 85.3 Å². The van der Waals surface area contributed by atoms with Crippen LogP contribution in [0.25, 0.3) is 0 Å². The predicted molar refractivity (Wildman–Crippen MR) is 103 cm³/mol. The molecular weight excluding hydrogens is 601 g/mol. The SMILES string of the molecule is O=C(O)CCCNCC(=O)Nc1c(I)cc(I)cc1I. The number of benzene rings is 1. The summed E-state index contributed by atoms with van der Waals surface area (Å²) in [5.41, 5.74) is 0.823. The summed E-state index contributed by atoms with van der Waals surface area (Å²) in [7, 11) is 0. The topological polar surface area (TPSA) is 78.4 Å². The molecule has 3 N–H and O–H groups in total. The first-order valence-corrected chi connectivity index (χ1v) is 9.00. The molecule has 0 saturated heterocycles. The fourth-order valence-corrected chi connectivity index (χ4v) is 5.26. The number of hydrogen-bond acceptors (Lipinski definition) is 3. The number of amides is 1. The number of carboxylic acid groups (broad SMARTS) is 1. The number of halogens is 3. The second kappa shape index (κ2) is 9.35. The van der Waals surface area contributed by atoms with Crippen molar-refractivity contribution < 1.29 is 14.7 Å². The number of anilines is 1. The van der Waals surface area contributed by atoms with E-state index in [-0.39, 0.29) is 18.9 Å². The van der Waals surface area contributed by atoms with Gasteiger partial charge in [-0.05, 0) is 92.9 Å². The van der Waals surface area contributed by atoms with Crippen LogP contribution < -0.4 is 10.6 Å². The summed E-state index contributed by atoms with van der Waals surface area (Å²) in [5.74, 6) is -0.948. The molecule has 0 aliphatic carbocycles. The van der Waals surface area contributed by atoms with Gasteiger partial charge in [0.15, 0.2) is 0 Å². The molecule has 20 heavy (non-hydrogen) atoms. The second-order valence-electron chi connectivity index (χ2n) is 3.97. The van der Waals surface area contributed by atoms with Crippen molar-refractivity contribution in [3.63, 3.8) is 0 Å². The van der Waals surface area contributed by atoms with E-state index in [1.165, 1.54) is 0 Å². The Kier molecular flexibility index (Phi) is 8.59. The van der Waals surface area contributed by atoms with Gasteiger partial charge in [-0.1, -0.05) is 0 Å². The molecule has 0 fully saturated rings. The highest BCUT2D eigenvalue weighted by Crippen LogP contribution is 2.27. The number of aliphatic carboxylic acids is 1. The normalized spacial score (nSPS) is 10.3. The Hall–Kier alpha value is 0.310. The monoisotopic (exact) mass is 614 g/mol. The van der Waals surface area contributed by atoms with Gasteiger partial charge < -0.3 is 15.7 Å². The van der Waals surface area contributed by atoms with Crippen molar-refractivity contribution in [3.05, 3.63) is 22.8 Å². The van der Waals surface area contributed by atoms with Gasteiger partial charge in [-0.15, -0.1) is 0 Å². The zero-order chi connectivity index (χ0) is 15.1. The number of carbonyl (C=O) groups excluding carboxylic acids is 1. The van der Waals surface area contributed by atoms with Crippen LogP contribution in [0.2, 0.25) is 0 Å². The lowest BCUT2D eigenvalue weighted by Crippen LogP contribution is -2.29. The minimum atomic E-state index is -0.820. The van der Waals surface area contributed by atoms with E-state index in [1.807, 2.05) is 12.1 Å². The summed E-state index contributed by atoms with van der Waals surface area (Å²) in [6.45, 7) is 0.693. The maximum atomic E-state index is 11.8. The fraction of sp³-hybridized carbons (Fsp3) is 0.333. The molecule has 0 bridgehead atoms. The van der Waals surface area contributed by atoms with E-state index < -0.39 is 5.97 Å². The number of rotatable bonds is 7. The van der Waals surface area contributed by atoms with Gasteiger partial charge in [0.25, 0.3) is 0 Å². The van der Waals surface area contributed by atoms with Crippen LogP contribution in [0.15, 0.2) is 12.1 Å². The third-order valence-electron chi connectivity index (χ3n) is 2.30. The zero-order valence-corrected chi connectivity index (χ0v) is 16.9. The van der Waals surface area contributed by atoms with E-state index in [1.54, 1.807) is 0 Å². The lowest BCUT2D eigenvalue weighted by atomic mass is 10.3. The van der Waals surface area contributed by atoms with E-state index in [2.05, 4.69) is 78.4 Å². The molecule has 0 radical (unpaired) electrons. The summed E-state index contributed by atoms with van der Waals surface area (Å²) >= 11 is 6.62. The summed E-state index contributed by atoms with van der Waals surface area (Å²) in [6, 6.07) is 4.00. The molecule has 0 heterocycles. The maximum absolute atomic E-state index is 11.8. The quantitative estimate of drug-likeness (QED) is 0.327. The zero-order valence-electron chi connectivity index (χ0n) is 10.4. The Morgan fingerprint density at radius 2 is 1.75 bits per heavy atom. The first-order chi connectivity index (χ1) is 9.40. The summed E-state index contributed by atoms with van der Waals surface area (Å²) < 4.78 is 3.12. The summed E-state index contributed by atoms with van der Waals surface area (Å²) in [4.78, 5) is 22.1. The molecule has 1 rings (SSSR count). The lowest BCUT2D eigenvalue weighted by molar-refractivity contribution is -0.137. The molecule has 5 nitrogen and oxygen atoms in total. The molecule has 1 aromatic carbocycles. The highest BCUT2D eigenvalue weighted by molar-refractivity contribution is 14.1. The third-order valence-corrected chi connectivity index (χ3v) is 4.63. The van der Waals surface area contributed by atoms with Crippen molar-refractivity contribution in [2.45, 2.75) is 12.8 Å². The second-order valence-corrected chi connectivity index (χ2v) is 7.54. The number of hydrogen-bond donors (Lipinski definition) is 3. The minimum absolute atomic E-state index is 0.113. The Bertz CT molecular complexity index is 486. The first-order valence-electron chi connectivity index (χ1n) is 5.77. The molecule has 0 aliphatic rings. The highest BCUT2D eigenvalue weighted by Gasteiger charge is 2.10. The molecule has 0 saturated carbocycles. The van der Waals surface area contributed by atoms with Crippen molar-refractivity contribution in [3.8, 4) is 0 Å². The Morgan fingerprint density at radius 1 is 1.15 bits per heavy atom. The Labute approximate surface area is 158 Å². The molecular formula is C12H13I3N2O3. The van der Waals surface area contributed by atoms with Gasteiger partial charge in [0.2, 0.25) is 5.91 Å². The van der Waals surface area contributed by atoms with Crippen molar-refractivity contribution in [1.82, 2.24) is 5.32 Å². The van der Waals surface area contributed by atoms with Crippen LogP contribution in [0, 0.1) is 10.7 Å². The molecule has 110 valence electrons. The van der Waals surface area contributed by atoms with Gasteiger partial charge in [-0.2, -0.15) is 0 Å². The molecule has 0 atom stereocenters. The minimum Gasteiger partial charge on any atom is -0.481 e. The number of carbonyl (C=O) groups is 2. The van der Waals surface area contributed by atoms with E-state index >= 15 is 0 Å². The van der Waals surface area contributed by atoms with Crippen LogP contribution in [-0.4, -0.2) is 30.1 Å². The van der Waals surface area contributed by atoms with Gasteiger partial charge in [-0.25, -0.2) is 0 Å². The number of carboxylic acids is 1. The molecule has 1 amide bonds. The fourth-order valence-electron chi connectivity index (χ4n) is 1.41. The number of nitrogens with one attached hydrogen (secondary N) is 2. The molecule has 0 unspecified atom stereocenters. The third kappa shape index (κ3) is 6.85. The van der Waals surface area contributed by atoms with Crippen LogP contribution in [0.3, 0.4) is 0 Å². The van der Waals surface area contributed by atoms with Crippen LogP contribution in [-0.2, 0) is 9.59 Å². The van der Waals surface area contributed by atoms with E-state index in [9.17, 15) is 9.59 Å². The van der Waals surface area contributed by atoms with E-state index in [0.717, 1.165) is 16.4 Å². The Balaban J connectivity index is 2.41. The average molecular weight is 614 g/mol.